The van der Waals surface area contributed by atoms with Crippen LogP contribution in [-0.2, 0) is 29.9 Å². The normalized spacial score (nSPS) is 21.9. The third kappa shape index (κ3) is 4.68. The Morgan fingerprint density at radius 3 is 2.38 bits per heavy atom. The lowest BCUT2D eigenvalue weighted by Crippen LogP contribution is -2.42. The van der Waals surface area contributed by atoms with Crippen LogP contribution in [-0.4, -0.2) is 30.0 Å². The molecular weight excluding hydrogens is 449 g/mol. The molecule has 5 rings (SSSR count). The van der Waals surface area contributed by atoms with Gasteiger partial charge in [-0.1, -0.05) is 25.5 Å². The minimum atomic E-state index is -3.24. The highest BCUT2D eigenvalue weighted by molar-refractivity contribution is 7.89. The number of hydrogen-bond donors (Lipinski definition) is 1. The van der Waals surface area contributed by atoms with Gasteiger partial charge in [0.1, 0.15) is 5.82 Å². The number of aryl methyl sites for hydroxylation is 1. The molecule has 34 heavy (non-hydrogen) atoms. The molecule has 2 aromatic carbocycles. The third-order valence-corrected chi connectivity index (χ3v) is 8.95. The van der Waals surface area contributed by atoms with Crippen LogP contribution in [0.2, 0.25) is 0 Å². The first-order valence-corrected chi connectivity index (χ1v) is 13.9. The molecular formula is C27H32FN3O2S. The van der Waals surface area contributed by atoms with Gasteiger partial charge >= 0.3 is 0 Å². The van der Waals surface area contributed by atoms with Crippen molar-refractivity contribution in [2.45, 2.75) is 51.5 Å². The maximum absolute atomic E-state index is 13.3. The van der Waals surface area contributed by atoms with Gasteiger partial charge in [0, 0.05) is 18.7 Å². The maximum Gasteiger partial charge on any atom is 0.211 e. The zero-order valence-electron chi connectivity index (χ0n) is 19.8. The first-order valence-electron chi connectivity index (χ1n) is 12.2. The fraction of sp³-hybridized carbons (Fsp3) is 0.444. The first-order chi connectivity index (χ1) is 16.3. The molecule has 5 nitrogen and oxygen atoms in total. The Morgan fingerprint density at radius 1 is 1.00 bits per heavy atom. The molecule has 180 valence electrons. The predicted octanol–water partition coefficient (Wildman–Crippen LogP) is 5.11. The Hall–Kier alpha value is -2.51. The van der Waals surface area contributed by atoms with Gasteiger partial charge in [-0.05, 0) is 97.0 Å². The first kappa shape index (κ1) is 23.2. The van der Waals surface area contributed by atoms with Gasteiger partial charge in [-0.15, -0.1) is 0 Å². The smallest absolute Gasteiger partial charge is 0.211 e. The number of nitrogens with zero attached hydrogens (tertiary/aromatic N) is 2. The number of benzene rings is 2. The van der Waals surface area contributed by atoms with E-state index in [9.17, 15) is 12.8 Å². The lowest BCUT2D eigenvalue weighted by atomic mass is 9.91. The molecule has 2 aliphatic rings. The van der Waals surface area contributed by atoms with E-state index < -0.39 is 10.0 Å². The number of rotatable bonds is 7. The summed E-state index contributed by atoms with van der Waals surface area (Å²) < 4.78 is 43.5. The van der Waals surface area contributed by atoms with Crippen molar-refractivity contribution in [3.63, 3.8) is 0 Å². The van der Waals surface area contributed by atoms with Gasteiger partial charge in [-0.3, -0.25) is 4.68 Å². The van der Waals surface area contributed by atoms with Crippen LogP contribution in [0.1, 0.15) is 43.7 Å². The Bertz CT molecular complexity index is 1280. The number of unbranched alkanes of at least 4 members (excludes halogenated alkanes) is 1. The van der Waals surface area contributed by atoms with Crippen molar-refractivity contribution in [1.82, 2.24) is 14.5 Å². The molecule has 1 saturated carbocycles. The molecule has 0 spiro atoms. The van der Waals surface area contributed by atoms with Crippen molar-refractivity contribution in [2.75, 3.05) is 5.75 Å². The standard InChI is InChI=1S/C27H32FN3O2S/c1-3-4-13-34(32,33)30-27-21-7-8-22(27)16-23-15-20(6-5-19(23)14-21)25-17-26(31(2)29-25)18-9-11-24(28)12-10-18/h5-6,9-12,15,17,21-22,27,30H,3-4,7-8,13-14,16H2,1-2H3/t21-,22+,27+/m0/s1. The van der Waals surface area contributed by atoms with E-state index in [0.717, 1.165) is 54.6 Å². The van der Waals surface area contributed by atoms with Crippen LogP contribution in [0.5, 0.6) is 0 Å². The number of fused-ring (bicyclic) bond motifs is 3. The Labute approximate surface area is 201 Å². The van der Waals surface area contributed by atoms with E-state index in [2.05, 4.69) is 22.9 Å². The quantitative estimate of drug-likeness (QED) is 0.510. The molecule has 0 amide bonds. The third-order valence-electron chi connectivity index (χ3n) is 7.49. The summed E-state index contributed by atoms with van der Waals surface area (Å²) in [5.74, 6) is 0.647. The molecule has 1 fully saturated rings. The molecule has 3 atom stereocenters. The highest BCUT2D eigenvalue weighted by Crippen LogP contribution is 2.41. The average Bonchev–Trinajstić information content (AvgIpc) is 3.31. The number of nitrogens with one attached hydrogen (secondary N) is 1. The second-order valence-electron chi connectivity index (χ2n) is 9.85. The second kappa shape index (κ2) is 9.27. The van der Waals surface area contributed by atoms with E-state index >= 15 is 0 Å². The van der Waals surface area contributed by atoms with Gasteiger partial charge in [0.2, 0.25) is 10.0 Å². The van der Waals surface area contributed by atoms with Crippen LogP contribution in [0.3, 0.4) is 0 Å². The van der Waals surface area contributed by atoms with Gasteiger partial charge in [-0.2, -0.15) is 5.10 Å². The lowest BCUT2D eigenvalue weighted by molar-refractivity contribution is 0.386. The number of hydrogen-bond acceptors (Lipinski definition) is 3. The van der Waals surface area contributed by atoms with E-state index in [0.29, 0.717) is 18.3 Å². The van der Waals surface area contributed by atoms with Crippen LogP contribution in [0, 0.1) is 17.7 Å². The van der Waals surface area contributed by atoms with E-state index in [1.807, 2.05) is 24.7 Å². The lowest BCUT2D eigenvalue weighted by Gasteiger charge is -2.23. The van der Waals surface area contributed by atoms with Gasteiger partial charge in [0.25, 0.3) is 0 Å². The van der Waals surface area contributed by atoms with E-state index in [1.54, 1.807) is 12.1 Å². The zero-order valence-corrected chi connectivity index (χ0v) is 20.6. The van der Waals surface area contributed by atoms with Gasteiger partial charge in [0.15, 0.2) is 0 Å². The van der Waals surface area contributed by atoms with Gasteiger partial charge < -0.3 is 0 Å². The highest BCUT2D eigenvalue weighted by Gasteiger charge is 2.40. The monoisotopic (exact) mass is 481 g/mol. The van der Waals surface area contributed by atoms with Crippen LogP contribution in [0.25, 0.3) is 22.5 Å². The zero-order chi connectivity index (χ0) is 23.9. The largest absolute Gasteiger partial charge is 0.267 e. The van der Waals surface area contributed by atoms with Crippen LogP contribution >= 0.6 is 0 Å². The van der Waals surface area contributed by atoms with Crippen molar-refractivity contribution in [1.29, 1.82) is 0 Å². The number of aromatic nitrogens is 2. The summed E-state index contributed by atoms with van der Waals surface area (Å²) in [6, 6.07) is 15.1. The van der Waals surface area contributed by atoms with Crippen LogP contribution in [0.15, 0.2) is 48.5 Å². The van der Waals surface area contributed by atoms with E-state index in [-0.39, 0.29) is 17.6 Å². The molecule has 1 aromatic heterocycles. The van der Waals surface area contributed by atoms with E-state index in [4.69, 9.17) is 5.10 Å². The summed E-state index contributed by atoms with van der Waals surface area (Å²) in [7, 11) is -1.34. The summed E-state index contributed by atoms with van der Waals surface area (Å²) in [6.45, 7) is 2.02. The summed E-state index contributed by atoms with van der Waals surface area (Å²) in [5, 5.41) is 4.72. The molecule has 0 saturated heterocycles. The fourth-order valence-corrected chi connectivity index (χ4v) is 7.25. The number of sulfonamides is 1. The SMILES string of the molecule is CCCCS(=O)(=O)N[C@H]1[C@@H]2CC[C@H]1Cc1ccc(-c3cc(-c4ccc(F)cc4)n(C)n3)cc1C2. The molecule has 0 aliphatic heterocycles. The second-order valence-corrected chi connectivity index (χ2v) is 11.7. The van der Waals surface area contributed by atoms with Gasteiger partial charge in [0.05, 0.1) is 17.1 Å². The molecule has 0 unspecified atom stereocenters. The van der Waals surface area contributed by atoms with Crippen molar-refractivity contribution in [2.24, 2.45) is 18.9 Å². The van der Waals surface area contributed by atoms with E-state index in [1.165, 1.54) is 23.3 Å². The summed E-state index contributed by atoms with van der Waals surface area (Å²) >= 11 is 0. The van der Waals surface area contributed by atoms with Crippen molar-refractivity contribution >= 4 is 10.0 Å². The Kier molecular flexibility index (Phi) is 6.34. The molecule has 1 N–H and O–H groups in total. The predicted molar refractivity (Wildman–Crippen MR) is 133 cm³/mol. The summed E-state index contributed by atoms with van der Waals surface area (Å²) in [5.41, 5.74) is 6.43. The summed E-state index contributed by atoms with van der Waals surface area (Å²) in [6.07, 6.45) is 5.52. The van der Waals surface area contributed by atoms with Crippen molar-refractivity contribution in [3.8, 4) is 22.5 Å². The van der Waals surface area contributed by atoms with Crippen molar-refractivity contribution < 1.29 is 12.8 Å². The molecule has 7 heteroatoms. The van der Waals surface area contributed by atoms with Gasteiger partial charge in [-0.25, -0.2) is 17.5 Å². The Morgan fingerprint density at radius 2 is 1.68 bits per heavy atom. The maximum atomic E-state index is 13.3. The average molecular weight is 482 g/mol. The molecule has 2 bridgehead atoms. The molecule has 1 heterocycles. The Balaban J connectivity index is 1.39. The van der Waals surface area contributed by atoms with Crippen LogP contribution in [0.4, 0.5) is 4.39 Å². The molecule has 0 radical (unpaired) electrons. The number of halogens is 1. The summed E-state index contributed by atoms with van der Waals surface area (Å²) in [4.78, 5) is 0. The molecule has 3 aromatic rings. The minimum absolute atomic E-state index is 0.0256. The molecule has 2 aliphatic carbocycles. The highest BCUT2D eigenvalue weighted by atomic mass is 32.2. The van der Waals surface area contributed by atoms with Crippen molar-refractivity contribution in [3.05, 3.63) is 65.5 Å². The topological polar surface area (TPSA) is 64.0 Å². The minimum Gasteiger partial charge on any atom is -0.267 e. The van der Waals surface area contributed by atoms with Crippen LogP contribution < -0.4 is 4.72 Å². The fourth-order valence-electron chi connectivity index (χ4n) is 5.66.